The van der Waals surface area contributed by atoms with Crippen molar-refractivity contribution in [3.63, 3.8) is 0 Å². The Labute approximate surface area is 401 Å². The number of halogens is 3. The van der Waals surface area contributed by atoms with Crippen LogP contribution in [0.3, 0.4) is 0 Å². The number of nitriles is 1. The molecule has 8 rings (SSSR count). The number of nitrogens with two attached hydrogens (primary N) is 1. The monoisotopic (exact) mass is 975 g/mol. The van der Waals surface area contributed by atoms with Crippen molar-refractivity contribution in [2.75, 3.05) is 42.9 Å². The fourth-order valence-electron chi connectivity index (χ4n) is 10.9. The summed E-state index contributed by atoms with van der Waals surface area (Å²) in [6.45, 7) is 5.63. The summed E-state index contributed by atoms with van der Waals surface area (Å²) in [7, 11) is 1.84. The molecule has 2 aromatic carbocycles. The summed E-state index contributed by atoms with van der Waals surface area (Å²) in [5.74, 6) is -1.35. The van der Waals surface area contributed by atoms with E-state index in [0.717, 1.165) is 24.5 Å². The number of aryl methyl sites for hydroxylation is 1. The first-order valence-corrected chi connectivity index (χ1v) is 23.3. The van der Waals surface area contributed by atoms with E-state index in [1.54, 1.807) is 24.5 Å². The number of aliphatic carboxylic acids is 1. The lowest BCUT2D eigenvalue weighted by molar-refractivity contribution is -0.960. The number of carbonyl (C=O) groups excluding carboxylic acids is 2. The van der Waals surface area contributed by atoms with Crippen LogP contribution >= 0.6 is 0 Å². The molecule has 4 aromatic rings. The van der Waals surface area contributed by atoms with Crippen molar-refractivity contribution >= 4 is 29.4 Å². The molecule has 0 spiro atoms. The van der Waals surface area contributed by atoms with E-state index in [1.165, 1.54) is 17.0 Å². The Kier molecular flexibility index (Phi) is 14.3. The van der Waals surface area contributed by atoms with Gasteiger partial charge in [-0.05, 0) is 85.2 Å². The quantitative estimate of drug-likeness (QED) is 0.0627. The average molecular weight is 976 g/mol. The van der Waals surface area contributed by atoms with Crippen molar-refractivity contribution < 1.29 is 61.9 Å². The lowest BCUT2D eigenvalue weighted by Crippen LogP contribution is -2.61. The molecule has 2 aromatic heterocycles. The molecular formula is C48H58F3N10O9+. The number of pyridine rings is 1. The van der Waals surface area contributed by atoms with Crippen molar-refractivity contribution in [3.8, 4) is 11.8 Å². The maximum Gasteiger partial charge on any atom is 0.416 e. The van der Waals surface area contributed by atoms with Gasteiger partial charge in [0.15, 0.2) is 6.10 Å². The number of piperidine rings is 1. The van der Waals surface area contributed by atoms with Crippen molar-refractivity contribution in [3.05, 3.63) is 93.6 Å². The molecule has 3 fully saturated rings. The number of anilines is 2. The number of carbonyl (C=O) groups is 3. The molecule has 4 aliphatic rings. The van der Waals surface area contributed by atoms with E-state index in [9.17, 15) is 40.1 Å². The molecule has 8 N–H and O–H groups in total. The number of ether oxygens (including phenoxy) is 2. The van der Waals surface area contributed by atoms with E-state index in [1.807, 2.05) is 17.7 Å². The number of likely N-dealkylation sites (tertiary alicyclic amines) is 1. The maximum atomic E-state index is 15.3. The van der Waals surface area contributed by atoms with Crippen LogP contribution in [0.2, 0.25) is 0 Å². The number of hydrogen-bond acceptors (Lipinski definition) is 14. The summed E-state index contributed by atoms with van der Waals surface area (Å²) in [5, 5.41) is 64.5. The molecule has 1 unspecified atom stereocenters. The summed E-state index contributed by atoms with van der Waals surface area (Å²) in [5.41, 5.74) is 5.46. The highest BCUT2D eigenvalue weighted by molar-refractivity contribution is 6.10. The molecule has 22 heteroatoms. The van der Waals surface area contributed by atoms with Gasteiger partial charge in [-0.25, -0.2) is 9.78 Å². The highest BCUT2D eigenvalue weighted by Gasteiger charge is 2.50. The molecule has 3 aliphatic heterocycles. The maximum absolute atomic E-state index is 15.3. The van der Waals surface area contributed by atoms with Crippen LogP contribution in [0.5, 0.6) is 5.75 Å². The standard InChI is InChI=1S/C48H57F3N10O9/c1-26-6-4-13-61(22-26,23-28-7-8-35(32(14-28)42(65)55-12-10-53)69-45-40(64)38(62)39(63)41(70-45)44(67)68)24-29-15-31-33(34(16-29)48(49,50)51)21-60(43(31)66)37-18-30(17-36(57-37)54-11-5-9-52)47(19-27(2)20-47)46-58-56-25-59(46)3/h7-8,14-18,25-27,38-41,45,62-64H,4-6,10-13,19-24,53H2,1-3H3,(H2-,54,55,57,65,67,68)/p+1/t26-,27-,38-,39-,40+,41-,45+,47+,61?/m0/s1. The molecule has 2 amide bonds. The van der Waals surface area contributed by atoms with E-state index in [2.05, 4.69) is 40.7 Å². The number of rotatable bonds is 16. The third kappa shape index (κ3) is 9.91. The van der Waals surface area contributed by atoms with Gasteiger partial charge >= 0.3 is 12.1 Å². The van der Waals surface area contributed by atoms with Crippen LogP contribution in [0, 0.1) is 23.2 Å². The number of benzene rings is 2. The van der Waals surface area contributed by atoms with Crippen LogP contribution in [-0.2, 0) is 47.8 Å². The molecule has 1 saturated carbocycles. The van der Waals surface area contributed by atoms with Crippen molar-refractivity contribution in [2.24, 2.45) is 24.6 Å². The number of aliphatic hydroxyl groups excluding tert-OH is 3. The molecule has 70 heavy (non-hydrogen) atoms. The highest BCUT2D eigenvalue weighted by atomic mass is 19.4. The van der Waals surface area contributed by atoms with E-state index in [-0.39, 0.29) is 84.3 Å². The van der Waals surface area contributed by atoms with Gasteiger partial charge in [-0.15, -0.1) is 10.2 Å². The summed E-state index contributed by atoms with van der Waals surface area (Å²) in [4.78, 5) is 46.1. The van der Waals surface area contributed by atoms with E-state index in [4.69, 9.17) is 20.2 Å². The third-order valence-electron chi connectivity index (χ3n) is 14.0. The second-order valence-corrected chi connectivity index (χ2v) is 19.4. The smallest absolute Gasteiger partial charge is 0.416 e. The van der Waals surface area contributed by atoms with Crippen molar-refractivity contribution in [2.45, 2.75) is 108 Å². The lowest BCUT2D eigenvalue weighted by Gasteiger charge is -2.46. The van der Waals surface area contributed by atoms with Crippen molar-refractivity contribution in [1.29, 1.82) is 5.26 Å². The number of amides is 2. The van der Waals surface area contributed by atoms with Crippen LogP contribution in [0.25, 0.3) is 0 Å². The predicted octanol–water partition coefficient (Wildman–Crippen LogP) is 3.34. The number of quaternary nitrogens is 1. The SMILES string of the molecule is C[C@H]1CCC[N+](Cc2ccc(O[C@@H]3O[C@H](C(=O)O)[C@@H](O)[C@H](O)[C@H]3O)c(C(=O)NCCN)c2)(Cc2cc3c(c(C(F)(F)F)c2)CN(c2cc([C@]4(c5nncn5C)C[C@@H](C)C4)cc(NCCC#N)n2)C3=O)C1. The molecule has 7 atom stereocenters. The molecule has 374 valence electrons. The van der Waals surface area contributed by atoms with Crippen LogP contribution in [0.1, 0.15) is 100 Å². The number of nitrogens with zero attached hydrogens (tertiary/aromatic N) is 7. The first kappa shape index (κ1) is 50.2. The van der Waals surface area contributed by atoms with Crippen molar-refractivity contribution in [1.82, 2.24) is 25.1 Å². The van der Waals surface area contributed by atoms with Gasteiger partial charge in [0.1, 0.15) is 60.9 Å². The molecule has 0 bridgehead atoms. The number of alkyl halides is 3. The zero-order chi connectivity index (χ0) is 50.3. The van der Waals surface area contributed by atoms with E-state index in [0.29, 0.717) is 54.6 Å². The van der Waals surface area contributed by atoms with Gasteiger partial charge in [0.25, 0.3) is 11.8 Å². The topological polar surface area (TPSA) is 271 Å². The Morgan fingerprint density at radius 1 is 1.04 bits per heavy atom. The molecule has 2 saturated heterocycles. The zero-order valence-electron chi connectivity index (χ0n) is 39.0. The second-order valence-electron chi connectivity index (χ2n) is 19.4. The number of carboxylic acids is 1. The van der Waals surface area contributed by atoms with Crippen LogP contribution in [-0.4, -0.2) is 126 Å². The van der Waals surface area contributed by atoms with Gasteiger partial charge in [0.05, 0.1) is 48.7 Å². The normalized spacial score (nSPS) is 27.6. The number of aliphatic hydroxyl groups is 3. The van der Waals surface area contributed by atoms with E-state index < -0.39 is 65.6 Å². The molecule has 1 aliphatic carbocycles. The van der Waals surface area contributed by atoms with Gasteiger partial charge in [-0.1, -0.05) is 13.8 Å². The summed E-state index contributed by atoms with van der Waals surface area (Å²) in [6, 6.07) is 12.9. The first-order valence-electron chi connectivity index (χ1n) is 23.3. The number of nitrogens with one attached hydrogen (secondary N) is 2. The summed E-state index contributed by atoms with van der Waals surface area (Å²) >= 11 is 0. The fraction of sp³-hybridized carbons (Fsp3) is 0.521. The fourth-order valence-corrected chi connectivity index (χ4v) is 10.9. The van der Waals surface area contributed by atoms with Gasteiger partial charge in [-0.2, -0.15) is 18.4 Å². The third-order valence-corrected chi connectivity index (χ3v) is 14.0. The molecular weight excluding hydrogens is 918 g/mol. The Morgan fingerprint density at radius 2 is 1.80 bits per heavy atom. The second kappa shape index (κ2) is 19.9. The number of carboxylic acid groups (broad SMARTS) is 1. The zero-order valence-corrected chi connectivity index (χ0v) is 39.0. The summed E-state index contributed by atoms with van der Waals surface area (Å²) in [6.07, 6.45) is -9.63. The van der Waals surface area contributed by atoms with Crippen LogP contribution < -0.4 is 26.0 Å². The first-order chi connectivity index (χ1) is 33.3. The summed E-state index contributed by atoms with van der Waals surface area (Å²) < 4.78 is 59.2. The van der Waals surface area contributed by atoms with Gasteiger partial charge < -0.3 is 55.3 Å². The largest absolute Gasteiger partial charge is 0.479 e. The van der Waals surface area contributed by atoms with E-state index >= 15 is 13.2 Å². The molecule has 5 heterocycles. The Hall–Kier alpha value is -6.22. The number of fused-ring (bicyclic) bond motifs is 1. The minimum atomic E-state index is -4.83. The minimum Gasteiger partial charge on any atom is -0.479 e. The number of aromatic nitrogens is 4. The Bertz CT molecular complexity index is 2670. The Balaban J connectivity index is 1.13. The molecule has 19 nitrogen and oxygen atoms in total. The minimum absolute atomic E-state index is 0.0598. The number of hydrogen-bond donors (Lipinski definition) is 7. The average Bonchev–Trinajstić information content (AvgIpc) is 3.88. The van der Waals surface area contributed by atoms with Gasteiger partial charge in [0.2, 0.25) is 6.29 Å². The van der Waals surface area contributed by atoms with Gasteiger partial charge in [0, 0.05) is 49.3 Å². The Morgan fingerprint density at radius 3 is 2.46 bits per heavy atom. The predicted molar refractivity (Wildman–Crippen MR) is 244 cm³/mol. The molecule has 0 radical (unpaired) electrons. The van der Waals surface area contributed by atoms with Gasteiger partial charge in [-0.3, -0.25) is 14.5 Å². The highest BCUT2D eigenvalue weighted by Crippen LogP contribution is 2.52. The van der Waals surface area contributed by atoms with Crippen LogP contribution in [0.15, 0.2) is 48.8 Å². The lowest BCUT2D eigenvalue weighted by atomic mass is 9.58. The van der Waals surface area contributed by atoms with Crippen LogP contribution in [0.4, 0.5) is 24.8 Å².